The van der Waals surface area contributed by atoms with E-state index < -0.39 is 5.41 Å². The fourth-order valence-electron chi connectivity index (χ4n) is 3.40. The summed E-state index contributed by atoms with van der Waals surface area (Å²) in [4.78, 5) is 32.8. The lowest BCUT2D eigenvalue weighted by Crippen LogP contribution is -2.31. The Kier molecular flexibility index (Phi) is 5.59. The van der Waals surface area contributed by atoms with Crippen LogP contribution in [0.5, 0.6) is 0 Å². The van der Waals surface area contributed by atoms with Crippen molar-refractivity contribution >= 4 is 40.0 Å². The van der Waals surface area contributed by atoms with Crippen molar-refractivity contribution in [1.29, 1.82) is 5.26 Å². The maximum atomic E-state index is 12.6. The van der Waals surface area contributed by atoms with Crippen LogP contribution in [0.3, 0.4) is 0 Å². The van der Waals surface area contributed by atoms with E-state index in [9.17, 15) is 14.9 Å². The van der Waals surface area contributed by atoms with Gasteiger partial charge in [0.15, 0.2) is 5.82 Å². The van der Waals surface area contributed by atoms with Crippen molar-refractivity contribution < 1.29 is 9.59 Å². The van der Waals surface area contributed by atoms with Gasteiger partial charge in [0.2, 0.25) is 0 Å². The van der Waals surface area contributed by atoms with E-state index in [0.717, 1.165) is 3.57 Å². The number of Topliss-reactive ketones (excluding diaryl/α,β-unsaturated/α-hetero) is 1. The number of hydrogen-bond acceptors (Lipinski definition) is 6. The van der Waals surface area contributed by atoms with Crippen LogP contribution in [0.15, 0.2) is 49.1 Å². The van der Waals surface area contributed by atoms with Crippen LogP contribution in [0.1, 0.15) is 41.7 Å². The summed E-state index contributed by atoms with van der Waals surface area (Å²) in [5.41, 5.74) is 0.800. The molecular weight excluding hydrogens is 495 g/mol. The molecule has 0 atom stereocenters. The Labute approximate surface area is 186 Å². The molecular formula is C21H17IN6O2. The van der Waals surface area contributed by atoms with Gasteiger partial charge in [-0.15, -0.1) is 0 Å². The number of nitrogens with zero attached hydrogens (tertiary/aromatic N) is 5. The molecule has 3 aromatic rings. The van der Waals surface area contributed by atoms with Gasteiger partial charge in [-0.05, 0) is 59.7 Å². The summed E-state index contributed by atoms with van der Waals surface area (Å²) >= 11 is 2.17. The first-order valence-corrected chi connectivity index (χ1v) is 10.4. The summed E-state index contributed by atoms with van der Waals surface area (Å²) in [5.74, 6) is 0.485. The Morgan fingerprint density at radius 3 is 2.57 bits per heavy atom. The molecule has 0 radical (unpaired) electrons. The van der Waals surface area contributed by atoms with Gasteiger partial charge in [-0.25, -0.2) is 9.67 Å². The van der Waals surface area contributed by atoms with Crippen molar-refractivity contribution in [2.75, 3.05) is 5.32 Å². The van der Waals surface area contributed by atoms with Crippen molar-refractivity contribution in [2.45, 2.75) is 31.1 Å². The van der Waals surface area contributed by atoms with Gasteiger partial charge in [0.25, 0.3) is 5.91 Å². The Morgan fingerprint density at radius 2 is 1.93 bits per heavy atom. The lowest BCUT2D eigenvalue weighted by molar-refractivity contribution is -0.121. The number of amides is 1. The largest absolute Gasteiger partial charge is 0.320 e. The molecule has 30 heavy (non-hydrogen) atoms. The molecule has 1 N–H and O–H groups in total. The van der Waals surface area contributed by atoms with Gasteiger partial charge in [0, 0.05) is 28.8 Å². The maximum absolute atomic E-state index is 12.6. The van der Waals surface area contributed by atoms with Gasteiger partial charge < -0.3 is 5.32 Å². The number of carbonyl (C=O) groups is 2. The molecule has 8 nitrogen and oxygen atoms in total. The highest BCUT2D eigenvalue weighted by molar-refractivity contribution is 14.1. The standard InChI is InChI=1S/C21H17IN6O2/c22-15-1-4-19(25-10-15)28-12-14(9-26-28)20(30)27-16-2-3-18(24-11-16)21(13-23)7-5-17(29)6-8-21/h1-4,9-12H,5-8H2,(H,27,30). The van der Waals surface area contributed by atoms with Crippen LogP contribution in [0.2, 0.25) is 0 Å². The minimum atomic E-state index is -0.738. The van der Waals surface area contributed by atoms with E-state index in [-0.39, 0.29) is 11.7 Å². The van der Waals surface area contributed by atoms with Crippen molar-refractivity contribution in [2.24, 2.45) is 0 Å². The summed E-state index contributed by atoms with van der Waals surface area (Å²) in [5, 5.41) is 16.6. The molecule has 0 aromatic carbocycles. The smallest absolute Gasteiger partial charge is 0.258 e. The molecule has 9 heteroatoms. The van der Waals surface area contributed by atoms with E-state index in [1.54, 1.807) is 24.5 Å². The first-order valence-electron chi connectivity index (χ1n) is 9.36. The molecule has 1 fully saturated rings. The van der Waals surface area contributed by atoms with Gasteiger partial charge in [-0.3, -0.25) is 14.6 Å². The first kappa shape index (κ1) is 20.2. The molecule has 4 rings (SSSR count). The molecule has 1 amide bonds. The maximum Gasteiger partial charge on any atom is 0.258 e. The molecule has 1 aliphatic rings. The SMILES string of the molecule is N#CC1(c2ccc(NC(=O)c3cnn(-c4ccc(I)cn4)c3)cn2)CCC(=O)CC1. The molecule has 1 saturated carbocycles. The second-order valence-corrected chi connectivity index (χ2v) is 8.37. The summed E-state index contributed by atoms with van der Waals surface area (Å²) < 4.78 is 2.54. The molecule has 0 saturated heterocycles. The Hall–Kier alpha value is -3.13. The van der Waals surface area contributed by atoms with Gasteiger partial charge in [-0.1, -0.05) is 0 Å². The minimum Gasteiger partial charge on any atom is -0.320 e. The summed E-state index contributed by atoms with van der Waals surface area (Å²) in [7, 11) is 0. The topological polar surface area (TPSA) is 114 Å². The zero-order chi connectivity index (χ0) is 21.1. The third-order valence-corrected chi connectivity index (χ3v) is 5.82. The fraction of sp³-hybridized carbons (Fsp3) is 0.238. The van der Waals surface area contributed by atoms with Crippen LogP contribution < -0.4 is 5.32 Å². The number of halogens is 1. The second-order valence-electron chi connectivity index (χ2n) is 7.13. The molecule has 0 unspecified atom stereocenters. The number of anilines is 1. The van der Waals surface area contributed by atoms with E-state index in [0.29, 0.717) is 48.4 Å². The number of aromatic nitrogens is 4. The monoisotopic (exact) mass is 512 g/mol. The van der Waals surface area contributed by atoms with Crippen LogP contribution in [-0.4, -0.2) is 31.4 Å². The predicted molar refractivity (Wildman–Crippen MR) is 117 cm³/mol. The zero-order valence-electron chi connectivity index (χ0n) is 15.9. The van der Waals surface area contributed by atoms with E-state index in [1.807, 2.05) is 12.1 Å². The Balaban J connectivity index is 1.46. The van der Waals surface area contributed by atoms with Gasteiger partial charge in [-0.2, -0.15) is 10.4 Å². The van der Waals surface area contributed by atoms with E-state index >= 15 is 0 Å². The molecule has 1 aliphatic carbocycles. The Morgan fingerprint density at radius 1 is 1.13 bits per heavy atom. The highest BCUT2D eigenvalue weighted by atomic mass is 127. The molecule has 3 aromatic heterocycles. The average Bonchev–Trinajstić information content (AvgIpc) is 3.26. The summed E-state index contributed by atoms with van der Waals surface area (Å²) in [6, 6.07) is 9.54. The van der Waals surface area contributed by atoms with E-state index in [1.165, 1.54) is 17.1 Å². The second kappa shape index (κ2) is 8.31. The van der Waals surface area contributed by atoms with Crippen LogP contribution in [0.25, 0.3) is 5.82 Å². The van der Waals surface area contributed by atoms with Crippen molar-refractivity contribution in [3.8, 4) is 11.9 Å². The first-order chi connectivity index (χ1) is 14.5. The summed E-state index contributed by atoms with van der Waals surface area (Å²) in [6.45, 7) is 0. The number of nitrogens with one attached hydrogen (secondary N) is 1. The van der Waals surface area contributed by atoms with Crippen molar-refractivity contribution in [1.82, 2.24) is 19.7 Å². The Bertz CT molecular complexity index is 1120. The van der Waals surface area contributed by atoms with E-state index in [4.69, 9.17) is 0 Å². The lowest BCUT2D eigenvalue weighted by Gasteiger charge is -2.29. The third kappa shape index (κ3) is 4.09. The number of pyridine rings is 2. The van der Waals surface area contributed by atoms with Gasteiger partial charge in [0.1, 0.15) is 11.2 Å². The minimum absolute atomic E-state index is 0.186. The van der Waals surface area contributed by atoms with Gasteiger partial charge >= 0.3 is 0 Å². The van der Waals surface area contributed by atoms with Crippen molar-refractivity contribution in [3.63, 3.8) is 0 Å². The number of rotatable bonds is 4. The van der Waals surface area contributed by atoms with Crippen molar-refractivity contribution in [3.05, 3.63) is 63.9 Å². The lowest BCUT2D eigenvalue weighted by atomic mass is 9.72. The predicted octanol–water partition coefficient (Wildman–Crippen LogP) is 3.42. The molecule has 0 spiro atoms. The van der Waals surface area contributed by atoms with Crippen LogP contribution in [0.4, 0.5) is 5.69 Å². The number of nitriles is 1. The summed E-state index contributed by atoms with van der Waals surface area (Å²) in [6.07, 6.45) is 8.09. The van der Waals surface area contributed by atoms with Crippen LogP contribution in [0, 0.1) is 14.9 Å². The van der Waals surface area contributed by atoms with Crippen LogP contribution >= 0.6 is 22.6 Å². The zero-order valence-corrected chi connectivity index (χ0v) is 18.0. The van der Waals surface area contributed by atoms with Gasteiger partial charge in [0.05, 0.1) is 35.4 Å². The quantitative estimate of drug-likeness (QED) is 0.536. The normalized spacial score (nSPS) is 15.4. The third-order valence-electron chi connectivity index (χ3n) is 5.18. The molecule has 0 bridgehead atoms. The molecule has 3 heterocycles. The molecule has 0 aliphatic heterocycles. The van der Waals surface area contributed by atoms with E-state index in [2.05, 4.69) is 49.0 Å². The number of ketones is 1. The molecule has 150 valence electrons. The number of hydrogen-bond donors (Lipinski definition) is 1. The fourth-order valence-corrected chi connectivity index (χ4v) is 3.72. The highest BCUT2D eigenvalue weighted by Gasteiger charge is 2.37. The average molecular weight is 512 g/mol. The van der Waals surface area contributed by atoms with Crippen LogP contribution in [-0.2, 0) is 10.2 Å². The highest BCUT2D eigenvalue weighted by Crippen LogP contribution is 2.36. The number of carbonyl (C=O) groups excluding carboxylic acids is 2.